The molecule has 4 rings (SSSR count). The lowest BCUT2D eigenvalue weighted by Crippen LogP contribution is -2.15. The summed E-state index contributed by atoms with van der Waals surface area (Å²) in [6.07, 6.45) is 0.942. The first kappa shape index (κ1) is 17.1. The largest absolute Gasteiger partial charge is 0.486 e. The van der Waals surface area contributed by atoms with Crippen LogP contribution in [0.1, 0.15) is 18.2 Å². The van der Waals surface area contributed by atoms with Crippen LogP contribution in [0.15, 0.2) is 48.5 Å². The van der Waals surface area contributed by atoms with E-state index >= 15 is 0 Å². The number of para-hydroxylation sites is 1. The molecule has 2 heterocycles. The minimum Gasteiger partial charge on any atom is -0.486 e. The van der Waals surface area contributed by atoms with Crippen molar-refractivity contribution in [1.82, 2.24) is 9.97 Å². The molecule has 0 saturated heterocycles. The predicted molar refractivity (Wildman–Crippen MR) is 107 cm³/mol. The summed E-state index contributed by atoms with van der Waals surface area (Å²) in [5.74, 6) is 2.79. The number of aromatic nitrogens is 2. The highest BCUT2D eigenvalue weighted by molar-refractivity contribution is 5.64. The summed E-state index contributed by atoms with van der Waals surface area (Å²) in [6.45, 7) is 5.23. The van der Waals surface area contributed by atoms with Gasteiger partial charge in [0.25, 0.3) is 0 Å². The van der Waals surface area contributed by atoms with Crippen molar-refractivity contribution in [3.05, 3.63) is 59.8 Å². The Balaban J connectivity index is 1.57. The number of hydrogen-bond acceptors (Lipinski definition) is 6. The highest BCUT2D eigenvalue weighted by Crippen LogP contribution is 2.33. The van der Waals surface area contributed by atoms with Crippen LogP contribution in [0.3, 0.4) is 0 Å². The van der Waals surface area contributed by atoms with Crippen LogP contribution >= 0.6 is 0 Å². The van der Waals surface area contributed by atoms with Crippen molar-refractivity contribution in [1.29, 1.82) is 0 Å². The van der Waals surface area contributed by atoms with Gasteiger partial charge >= 0.3 is 0 Å². The number of fused-ring (bicyclic) bond motifs is 1. The number of nitrogens with one attached hydrogen (secondary N) is 2. The average molecular weight is 362 g/mol. The zero-order chi connectivity index (χ0) is 18.6. The van der Waals surface area contributed by atoms with Crippen LogP contribution in [-0.2, 0) is 6.42 Å². The Morgan fingerprint density at radius 2 is 1.74 bits per heavy atom. The Kier molecular flexibility index (Phi) is 4.78. The number of rotatable bonds is 5. The summed E-state index contributed by atoms with van der Waals surface area (Å²) in [5, 5.41) is 6.66. The van der Waals surface area contributed by atoms with Crippen molar-refractivity contribution < 1.29 is 9.47 Å². The van der Waals surface area contributed by atoms with E-state index in [9.17, 15) is 0 Å². The monoisotopic (exact) mass is 362 g/mol. The Morgan fingerprint density at radius 1 is 0.926 bits per heavy atom. The molecule has 0 aliphatic carbocycles. The Bertz CT molecular complexity index is 959. The molecule has 3 aromatic rings. The molecule has 1 aliphatic heterocycles. The van der Waals surface area contributed by atoms with Crippen LogP contribution in [0.5, 0.6) is 11.5 Å². The van der Waals surface area contributed by atoms with E-state index in [1.807, 2.05) is 49.4 Å². The molecule has 0 spiro atoms. The van der Waals surface area contributed by atoms with E-state index in [2.05, 4.69) is 33.6 Å². The standard InChI is InChI=1S/C21H22N4O2/c1-3-15-6-4-5-7-17(15)24-21-22-14(2)12-20(25-21)23-16-8-9-18-19(13-16)27-11-10-26-18/h4-9,12-13H,3,10-11H2,1-2H3,(H2,22,23,24,25). The van der Waals surface area contributed by atoms with Gasteiger partial charge in [0, 0.05) is 29.2 Å². The predicted octanol–water partition coefficient (Wildman–Crippen LogP) is 4.61. The molecule has 1 aromatic heterocycles. The summed E-state index contributed by atoms with van der Waals surface area (Å²) in [4.78, 5) is 9.12. The maximum Gasteiger partial charge on any atom is 0.229 e. The molecular weight excluding hydrogens is 340 g/mol. The van der Waals surface area contributed by atoms with E-state index in [1.165, 1.54) is 5.56 Å². The smallest absolute Gasteiger partial charge is 0.229 e. The number of anilines is 4. The zero-order valence-electron chi connectivity index (χ0n) is 15.5. The SMILES string of the molecule is CCc1ccccc1Nc1nc(C)cc(Nc2ccc3c(c2)OCCO3)n1. The van der Waals surface area contributed by atoms with Gasteiger partial charge in [-0.25, -0.2) is 4.98 Å². The fourth-order valence-electron chi connectivity index (χ4n) is 3.03. The molecule has 0 amide bonds. The molecule has 0 unspecified atom stereocenters. The van der Waals surface area contributed by atoms with Gasteiger partial charge in [-0.3, -0.25) is 0 Å². The van der Waals surface area contributed by atoms with Crippen LogP contribution in [0.4, 0.5) is 23.1 Å². The summed E-state index contributed by atoms with van der Waals surface area (Å²) >= 11 is 0. The third-order valence-corrected chi connectivity index (χ3v) is 4.31. The van der Waals surface area contributed by atoms with Gasteiger partial charge < -0.3 is 20.1 Å². The van der Waals surface area contributed by atoms with E-state index < -0.39 is 0 Å². The topological polar surface area (TPSA) is 68.3 Å². The Hall–Kier alpha value is -3.28. The quantitative estimate of drug-likeness (QED) is 0.691. The number of aryl methyl sites for hydroxylation is 2. The Morgan fingerprint density at radius 3 is 2.59 bits per heavy atom. The zero-order valence-corrected chi connectivity index (χ0v) is 15.5. The third kappa shape index (κ3) is 3.95. The van der Waals surface area contributed by atoms with E-state index in [4.69, 9.17) is 9.47 Å². The molecule has 2 aromatic carbocycles. The van der Waals surface area contributed by atoms with Gasteiger partial charge in [0.2, 0.25) is 5.95 Å². The summed E-state index contributed by atoms with van der Waals surface area (Å²) in [5.41, 5.74) is 4.01. The van der Waals surface area contributed by atoms with Crippen molar-refractivity contribution in [3.63, 3.8) is 0 Å². The molecule has 0 atom stereocenters. The lowest BCUT2D eigenvalue weighted by Gasteiger charge is -2.19. The second-order valence-electron chi connectivity index (χ2n) is 6.34. The first-order chi connectivity index (χ1) is 13.2. The summed E-state index contributed by atoms with van der Waals surface area (Å²) < 4.78 is 11.2. The number of hydrogen-bond donors (Lipinski definition) is 2. The minimum absolute atomic E-state index is 0.563. The van der Waals surface area contributed by atoms with Crippen molar-refractivity contribution in [2.75, 3.05) is 23.8 Å². The molecule has 6 heteroatoms. The van der Waals surface area contributed by atoms with E-state index in [1.54, 1.807) is 0 Å². The lowest BCUT2D eigenvalue weighted by molar-refractivity contribution is 0.171. The third-order valence-electron chi connectivity index (χ3n) is 4.31. The molecule has 1 aliphatic rings. The van der Waals surface area contributed by atoms with E-state index in [0.29, 0.717) is 19.2 Å². The molecule has 0 saturated carbocycles. The van der Waals surface area contributed by atoms with Gasteiger partial charge in [0.1, 0.15) is 19.0 Å². The molecule has 2 N–H and O–H groups in total. The van der Waals surface area contributed by atoms with E-state index in [0.717, 1.165) is 40.8 Å². The van der Waals surface area contributed by atoms with Crippen LogP contribution < -0.4 is 20.1 Å². The average Bonchev–Trinajstić information content (AvgIpc) is 2.68. The normalized spacial score (nSPS) is 12.5. The number of ether oxygens (including phenoxy) is 2. The molecule has 0 radical (unpaired) electrons. The van der Waals surface area contributed by atoms with Gasteiger partial charge in [0.15, 0.2) is 11.5 Å². The van der Waals surface area contributed by atoms with Gasteiger partial charge in [0.05, 0.1) is 0 Å². The molecule has 138 valence electrons. The molecule has 6 nitrogen and oxygen atoms in total. The fraction of sp³-hybridized carbons (Fsp3) is 0.238. The molecule has 0 fully saturated rings. The first-order valence-corrected chi connectivity index (χ1v) is 9.08. The van der Waals surface area contributed by atoms with Crippen LogP contribution in [-0.4, -0.2) is 23.2 Å². The molecule has 0 bridgehead atoms. The van der Waals surface area contributed by atoms with Crippen molar-refractivity contribution in [2.45, 2.75) is 20.3 Å². The van der Waals surface area contributed by atoms with Gasteiger partial charge in [-0.1, -0.05) is 25.1 Å². The Labute approximate surface area is 158 Å². The fourth-order valence-corrected chi connectivity index (χ4v) is 3.03. The number of benzene rings is 2. The highest BCUT2D eigenvalue weighted by Gasteiger charge is 2.12. The van der Waals surface area contributed by atoms with Crippen LogP contribution in [0, 0.1) is 6.92 Å². The van der Waals surface area contributed by atoms with Crippen molar-refractivity contribution >= 4 is 23.1 Å². The minimum atomic E-state index is 0.563. The summed E-state index contributed by atoms with van der Waals surface area (Å²) in [7, 11) is 0. The first-order valence-electron chi connectivity index (χ1n) is 9.08. The van der Waals surface area contributed by atoms with Crippen LogP contribution in [0.25, 0.3) is 0 Å². The van der Waals surface area contributed by atoms with Gasteiger partial charge in [-0.15, -0.1) is 0 Å². The van der Waals surface area contributed by atoms with Crippen molar-refractivity contribution in [3.8, 4) is 11.5 Å². The van der Waals surface area contributed by atoms with Gasteiger partial charge in [-0.05, 0) is 37.1 Å². The number of nitrogens with zero attached hydrogens (tertiary/aromatic N) is 2. The van der Waals surface area contributed by atoms with Crippen molar-refractivity contribution in [2.24, 2.45) is 0 Å². The maximum atomic E-state index is 5.64. The second kappa shape index (κ2) is 7.53. The molecule has 27 heavy (non-hydrogen) atoms. The lowest BCUT2D eigenvalue weighted by atomic mass is 10.1. The maximum absolute atomic E-state index is 5.64. The second-order valence-corrected chi connectivity index (χ2v) is 6.34. The van der Waals surface area contributed by atoms with Gasteiger partial charge in [-0.2, -0.15) is 4.98 Å². The van der Waals surface area contributed by atoms with E-state index in [-0.39, 0.29) is 0 Å². The molecular formula is C21H22N4O2. The van der Waals surface area contributed by atoms with Crippen LogP contribution in [0.2, 0.25) is 0 Å². The highest BCUT2D eigenvalue weighted by atomic mass is 16.6. The summed E-state index contributed by atoms with van der Waals surface area (Å²) in [6, 6.07) is 15.9.